The summed E-state index contributed by atoms with van der Waals surface area (Å²) in [5.41, 5.74) is 4.46. The van der Waals surface area contributed by atoms with Gasteiger partial charge in [-0.2, -0.15) is 4.31 Å². The van der Waals surface area contributed by atoms with E-state index in [2.05, 4.69) is 5.32 Å². The number of hydrogen-bond acceptors (Lipinski definition) is 3. The molecule has 0 aliphatic rings. The minimum absolute atomic E-state index is 0.0280. The van der Waals surface area contributed by atoms with Crippen molar-refractivity contribution >= 4 is 33.2 Å². The molecule has 0 bridgehead atoms. The molecule has 0 aromatic heterocycles. The second-order valence-electron chi connectivity index (χ2n) is 7.92. The van der Waals surface area contributed by atoms with Crippen LogP contribution in [0.4, 0.5) is 5.69 Å². The van der Waals surface area contributed by atoms with E-state index in [0.717, 1.165) is 35.2 Å². The summed E-state index contributed by atoms with van der Waals surface area (Å²) in [6.45, 7) is 5.66. The van der Waals surface area contributed by atoms with Gasteiger partial charge in [-0.3, -0.25) is 4.79 Å². The lowest BCUT2D eigenvalue weighted by Crippen LogP contribution is -2.37. The molecule has 0 unspecified atom stereocenters. The second-order valence-corrected chi connectivity index (χ2v) is 10.3. The van der Waals surface area contributed by atoms with Crippen molar-refractivity contribution < 1.29 is 13.2 Å². The van der Waals surface area contributed by atoms with Crippen LogP contribution in [0.3, 0.4) is 0 Å². The third kappa shape index (κ3) is 6.22. The number of nitrogens with one attached hydrogen (secondary N) is 1. The van der Waals surface area contributed by atoms with Crippen molar-refractivity contribution in [2.45, 2.75) is 45.1 Å². The summed E-state index contributed by atoms with van der Waals surface area (Å²) in [6.07, 6.45) is 1.52. The summed E-state index contributed by atoms with van der Waals surface area (Å²) in [6, 6.07) is 19.5. The Morgan fingerprint density at radius 1 is 0.939 bits per heavy atom. The Hall–Kier alpha value is -2.67. The molecule has 0 aliphatic carbocycles. The maximum Gasteiger partial charge on any atom is 0.243 e. The van der Waals surface area contributed by atoms with Gasteiger partial charge in [0, 0.05) is 17.3 Å². The van der Waals surface area contributed by atoms with Crippen molar-refractivity contribution in [1.82, 2.24) is 4.31 Å². The maximum absolute atomic E-state index is 13.5. The predicted molar refractivity (Wildman–Crippen MR) is 134 cm³/mol. The Morgan fingerprint density at radius 3 is 2.12 bits per heavy atom. The normalized spacial score (nSPS) is 11.5. The summed E-state index contributed by atoms with van der Waals surface area (Å²) in [4.78, 5) is 13.2. The summed E-state index contributed by atoms with van der Waals surface area (Å²) in [7, 11) is -3.92. The lowest BCUT2D eigenvalue weighted by atomic mass is 10.0. The van der Waals surface area contributed by atoms with Crippen LogP contribution in [0.2, 0.25) is 5.02 Å². The highest BCUT2D eigenvalue weighted by Gasteiger charge is 2.27. The van der Waals surface area contributed by atoms with Crippen LogP contribution >= 0.6 is 11.6 Å². The number of amides is 1. The Morgan fingerprint density at radius 2 is 1.55 bits per heavy atom. The molecule has 5 nitrogen and oxygen atoms in total. The maximum atomic E-state index is 13.5. The van der Waals surface area contributed by atoms with Gasteiger partial charge in [-0.05, 0) is 60.7 Å². The fraction of sp³-hybridized carbons (Fsp3) is 0.269. The molecule has 3 aromatic rings. The number of sulfonamides is 1. The van der Waals surface area contributed by atoms with E-state index >= 15 is 0 Å². The molecule has 33 heavy (non-hydrogen) atoms. The molecule has 0 saturated heterocycles. The molecule has 0 saturated carbocycles. The van der Waals surface area contributed by atoms with E-state index in [9.17, 15) is 13.2 Å². The molecule has 7 heteroatoms. The van der Waals surface area contributed by atoms with Crippen molar-refractivity contribution in [3.05, 3.63) is 94.0 Å². The van der Waals surface area contributed by atoms with Crippen LogP contribution in [0.15, 0.2) is 71.6 Å². The standard InChI is InChI=1S/C26H29ClN2O3S/c1-4-21-9-7-10-22(5-2)26(21)28-25(30)18-29(17-20-8-6-11-23(27)16-20)33(31,32)24-14-12-19(3)13-15-24/h6-16H,4-5,17-18H2,1-3H3,(H,28,30). The van der Waals surface area contributed by atoms with Gasteiger partial charge < -0.3 is 5.32 Å². The zero-order valence-corrected chi connectivity index (χ0v) is 20.7. The average molecular weight is 485 g/mol. The van der Waals surface area contributed by atoms with Crippen molar-refractivity contribution in [3.63, 3.8) is 0 Å². The first-order valence-corrected chi connectivity index (χ1v) is 12.8. The summed E-state index contributed by atoms with van der Waals surface area (Å²) >= 11 is 6.11. The highest BCUT2D eigenvalue weighted by Crippen LogP contribution is 2.24. The van der Waals surface area contributed by atoms with Gasteiger partial charge in [-0.1, -0.05) is 73.5 Å². The average Bonchev–Trinajstić information content (AvgIpc) is 2.79. The van der Waals surface area contributed by atoms with E-state index in [0.29, 0.717) is 10.6 Å². The smallest absolute Gasteiger partial charge is 0.243 e. The minimum Gasteiger partial charge on any atom is -0.324 e. The highest BCUT2D eigenvalue weighted by molar-refractivity contribution is 7.89. The third-order valence-electron chi connectivity index (χ3n) is 5.49. The molecular formula is C26H29ClN2O3S. The minimum atomic E-state index is -3.92. The van der Waals surface area contributed by atoms with Gasteiger partial charge >= 0.3 is 0 Å². The number of benzene rings is 3. The van der Waals surface area contributed by atoms with Gasteiger partial charge in [0.15, 0.2) is 0 Å². The van der Waals surface area contributed by atoms with Crippen LogP contribution < -0.4 is 5.32 Å². The molecule has 0 aliphatic heterocycles. The zero-order chi connectivity index (χ0) is 24.0. The molecule has 3 rings (SSSR count). The molecule has 0 atom stereocenters. The van der Waals surface area contributed by atoms with Gasteiger partial charge in [-0.25, -0.2) is 8.42 Å². The van der Waals surface area contributed by atoms with E-state index in [1.807, 2.05) is 39.0 Å². The number of aryl methyl sites for hydroxylation is 3. The number of nitrogens with zero attached hydrogens (tertiary/aromatic N) is 1. The van der Waals surface area contributed by atoms with Crippen LogP contribution in [0.5, 0.6) is 0 Å². The number of carbonyl (C=O) groups excluding carboxylic acids is 1. The monoisotopic (exact) mass is 484 g/mol. The van der Waals surface area contributed by atoms with Crippen molar-refractivity contribution in [2.24, 2.45) is 0 Å². The lowest BCUT2D eigenvalue weighted by molar-refractivity contribution is -0.116. The molecule has 0 fully saturated rings. The number of para-hydroxylation sites is 1. The predicted octanol–water partition coefficient (Wildman–Crippen LogP) is 5.60. The Kier molecular flexibility index (Phi) is 8.30. The number of anilines is 1. The first-order valence-electron chi connectivity index (χ1n) is 11.0. The van der Waals surface area contributed by atoms with E-state index in [1.54, 1.807) is 48.5 Å². The van der Waals surface area contributed by atoms with E-state index in [1.165, 1.54) is 4.31 Å². The Bertz CT molecular complexity index is 1200. The molecule has 3 aromatic carbocycles. The molecule has 0 radical (unpaired) electrons. The van der Waals surface area contributed by atoms with Crippen LogP contribution in [0, 0.1) is 6.92 Å². The number of rotatable bonds is 9. The molecule has 1 amide bonds. The van der Waals surface area contributed by atoms with Crippen LogP contribution in [0.1, 0.15) is 36.1 Å². The van der Waals surface area contributed by atoms with Crippen molar-refractivity contribution in [1.29, 1.82) is 0 Å². The van der Waals surface area contributed by atoms with Crippen molar-refractivity contribution in [3.8, 4) is 0 Å². The van der Waals surface area contributed by atoms with Gasteiger partial charge in [0.1, 0.15) is 0 Å². The number of halogens is 1. The van der Waals surface area contributed by atoms with E-state index < -0.39 is 10.0 Å². The van der Waals surface area contributed by atoms with Gasteiger partial charge in [0.05, 0.1) is 11.4 Å². The van der Waals surface area contributed by atoms with Crippen LogP contribution in [-0.2, 0) is 34.2 Å². The molecule has 1 N–H and O–H groups in total. The lowest BCUT2D eigenvalue weighted by Gasteiger charge is -2.23. The first-order chi connectivity index (χ1) is 15.7. The van der Waals surface area contributed by atoms with Crippen molar-refractivity contribution in [2.75, 3.05) is 11.9 Å². The first kappa shape index (κ1) is 25.0. The summed E-state index contributed by atoms with van der Waals surface area (Å²) in [5.74, 6) is -0.386. The summed E-state index contributed by atoms with van der Waals surface area (Å²) < 4.78 is 28.2. The van der Waals surface area contributed by atoms with Crippen LogP contribution in [-0.4, -0.2) is 25.2 Å². The van der Waals surface area contributed by atoms with E-state index in [4.69, 9.17) is 11.6 Å². The fourth-order valence-electron chi connectivity index (χ4n) is 3.67. The van der Waals surface area contributed by atoms with Gasteiger partial charge in [-0.15, -0.1) is 0 Å². The summed E-state index contributed by atoms with van der Waals surface area (Å²) in [5, 5.41) is 3.48. The van der Waals surface area contributed by atoms with Gasteiger partial charge in [0.2, 0.25) is 15.9 Å². The molecule has 0 heterocycles. The quantitative estimate of drug-likeness (QED) is 0.429. The Labute approximate surface area is 201 Å². The number of hydrogen-bond donors (Lipinski definition) is 1. The Balaban J connectivity index is 1.93. The zero-order valence-electron chi connectivity index (χ0n) is 19.1. The topological polar surface area (TPSA) is 66.5 Å². The highest BCUT2D eigenvalue weighted by atomic mass is 35.5. The van der Waals surface area contributed by atoms with Crippen LogP contribution in [0.25, 0.3) is 0 Å². The fourth-order valence-corrected chi connectivity index (χ4v) is 5.26. The molecular weight excluding hydrogens is 456 g/mol. The van der Waals surface area contributed by atoms with Gasteiger partial charge in [0.25, 0.3) is 0 Å². The molecule has 174 valence electrons. The van der Waals surface area contributed by atoms with E-state index in [-0.39, 0.29) is 23.9 Å². The molecule has 0 spiro atoms. The SMILES string of the molecule is CCc1cccc(CC)c1NC(=O)CN(Cc1cccc(Cl)c1)S(=O)(=O)c1ccc(C)cc1. The number of carbonyl (C=O) groups is 1. The second kappa shape index (κ2) is 11.0. The third-order valence-corrected chi connectivity index (χ3v) is 7.53. The largest absolute Gasteiger partial charge is 0.324 e.